The van der Waals surface area contributed by atoms with E-state index >= 15 is 0 Å². The summed E-state index contributed by atoms with van der Waals surface area (Å²) in [6.07, 6.45) is 1.89. The Morgan fingerprint density at radius 1 is 1.53 bits per heavy atom. The molecule has 4 heteroatoms. The van der Waals surface area contributed by atoms with Crippen LogP contribution in [-0.2, 0) is 10.4 Å². The van der Waals surface area contributed by atoms with E-state index in [1.54, 1.807) is 6.92 Å². The molecule has 0 aromatic carbocycles. The van der Waals surface area contributed by atoms with Gasteiger partial charge in [0.15, 0.2) is 0 Å². The van der Waals surface area contributed by atoms with Crippen LogP contribution in [0.1, 0.15) is 45.4 Å². The average molecular weight is 283 g/mol. The number of rotatable bonds is 7. The molecule has 1 amide bonds. The molecule has 2 N–H and O–H groups in total. The molecule has 1 aromatic heterocycles. The molecule has 1 heterocycles. The molecule has 0 spiro atoms. The van der Waals surface area contributed by atoms with Crippen LogP contribution in [0.3, 0.4) is 0 Å². The Hall–Kier alpha value is -0.870. The number of hydrogen-bond acceptors (Lipinski definition) is 3. The van der Waals surface area contributed by atoms with Gasteiger partial charge in [0.1, 0.15) is 5.60 Å². The first-order valence-corrected chi connectivity index (χ1v) is 7.80. The number of hydrogen-bond donors (Lipinski definition) is 2. The van der Waals surface area contributed by atoms with Gasteiger partial charge in [-0.15, -0.1) is 11.3 Å². The zero-order valence-electron chi connectivity index (χ0n) is 12.3. The smallest absolute Gasteiger partial charge is 0.223 e. The van der Waals surface area contributed by atoms with Crippen molar-refractivity contribution in [2.45, 2.75) is 46.1 Å². The van der Waals surface area contributed by atoms with Crippen LogP contribution in [0, 0.1) is 11.8 Å². The van der Waals surface area contributed by atoms with Gasteiger partial charge in [-0.3, -0.25) is 4.79 Å². The molecule has 0 bridgehead atoms. The van der Waals surface area contributed by atoms with Gasteiger partial charge >= 0.3 is 0 Å². The Labute approximate surface area is 120 Å². The lowest BCUT2D eigenvalue weighted by molar-refractivity contribution is -0.127. The van der Waals surface area contributed by atoms with Gasteiger partial charge in [0.25, 0.3) is 0 Å². The van der Waals surface area contributed by atoms with Crippen LogP contribution < -0.4 is 5.32 Å². The molecule has 3 nitrogen and oxygen atoms in total. The highest BCUT2D eigenvalue weighted by molar-refractivity contribution is 7.10. The molecule has 108 valence electrons. The van der Waals surface area contributed by atoms with Gasteiger partial charge in [-0.1, -0.05) is 33.3 Å². The maximum atomic E-state index is 12.2. The summed E-state index contributed by atoms with van der Waals surface area (Å²) in [6, 6.07) is 3.80. The Morgan fingerprint density at radius 2 is 2.21 bits per heavy atom. The number of nitrogens with one attached hydrogen (secondary N) is 1. The first kappa shape index (κ1) is 16.2. The van der Waals surface area contributed by atoms with Gasteiger partial charge < -0.3 is 10.4 Å². The maximum absolute atomic E-state index is 12.2. The molecule has 1 rings (SSSR count). The highest BCUT2D eigenvalue weighted by Crippen LogP contribution is 2.25. The lowest BCUT2D eigenvalue weighted by atomic mass is 9.90. The Balaban J connectivity index is 2.58. The van der Waals surface area contributed by atoms with E-state index in [-0.39, 0.29) is 18.4 Å². The highest BCUT2D eigenvalue weighted by Gasteiger charge is 2.27. The molecule has 0 radical (unpaired) electrons. The fourth-order valence-corrected chi connectivity index (χ4v) is 2.93. The van der Waals surface area contributed by atoms with Crippen molar-refractivity contribution in [1.82, 2.24) is 5.32 Å². The zero-order valence-corrected chi connectivity index (χ0v) is 13.1. The maximum Gasteiger partial charge on any atom is 0.223 e. The van der Waals surface area contributed by atoms with Crippen molar-refractivity contribution >= 4 is 17.2 Å². The van der Waals surface area contributed by atoms with Crippen molar-refractivity contribution in [3.05, 3.63) is 22.4 Å². The average Bonchev–Trinajstić information content (AvgIpc) is 2.87. The third-order valence-corrected chi connectivity index (χ3v) is 4.52. The Morgan fingerprint density at radius 3 is 2.68 bits per heavy atom. The van der Waals surface area contributed by atoms with Crippen molar-refractivity contribution in [2.24, 2.45) is 11.8 Å². The predicted octanol–water partition coefficient (Wildman–Crippen LogP) is 3.14. The van der Waals surface area contributed by atoms with E-state index < -0.39 is 5.60 Å². The summed E-state index contributed by atoms with van der Waals surface area (Å²) >= 11 is 1.51. The van der Waals surface area contributed by atoms with E-state index in [0.29, 0.717) is 5.92 Å². The molecule has 2 unspecified atom stereocenters. The molecule has 0 aliphatic heterocycles. The summed E-state index contributed by atoms with van der Waals surface area (Å²) in [5.74, 6) is 0.407. The summed E-state index contributed by atoms with van der Waals surface area (Å²) in [5.41, 5.74) is -0.989. The summed E-state index contributed by atoms with van der Waals surface area (Å²) in [4.78, 5) is 13.1. The summed E-state index contributed by atoms with van der Waals surface area (Å²) in [7, 11) is 0. The normalized spacial score (nSPS) is 16.1. The van der Waals surface area contributed by atoms with Gasteiger partial charge in [-0.25, -0.2) is 0 Å². The van der Waals surface area contributed by atoms with Crippen molar-refractivity contribution in [3.63, 3.8) is 0 Å². The predicted molar refractivity (Wildman–Crippen MR) is 80.1 cm³/mol. The van der Waals surface area contributed by atoms with Crippen LogP contribution >= 0.6 is 11.3 Å². The molecule has 0 saturated carbocycles. The minimum Gasteiger partial charge on any atom is -0.383 e. The van der Waals surface area contributed by atoms with Crippen LogP contribution in [0.15, 0.2) is 17.5 Å². The molecule has 2 atom stereocenters. The molecule has 1 aromatic rings. The molecule has 0 fully saturated rings. The number of carbonyl (C=O) groups is 1. The second kappa shape index (κ2) is 7.06. The minimum atomic E-state index is -0.989. The number of aliphatic hydroxyl groups is 1. The summed E-state index contributed by atoms with van der Waals surface area (Å²) in [5, 5.41) is 15.2. The van der Waals surface area contributed by atoms with Crippen LogP contribution in [0.5, 0.6) is 0 Å². The van der Waals surface area contributed by atoms with Crippen LogP contribution in [0.2, 0.25) is 0 Å². The monoisotopic (exact) mass is 283 g/mol. The van der Waals surface area contributed by atoms with Gasteiger partial charge in [0.2, 0.25) is 5.91 Å². The molecule has 0 saturated heterocycles. The van der Waals surface area contributed by atoms with E-state index in [2.05, 4.69) is 26.1 Å². The van der Waals surface area contributed by atoms with Crippen LogP contribution in [-0.4, -0.2) is 17.6 Å². The Bertz CT molecular complexity index is 385. The third-order valence-electron chi connectivity index (χ3n) is 3.40. The Kier molecular flexibility index (Phi) is 6.01. The van der Waals surface area contributed by atoms with E-state index in [4.69, 9.17) is 0 Å². The SMILES string of the molecule is CCCC(C(=O)NCC(C)(O)c1cccs1)C(C)C. The molecular weight excluding hydrogens is 258 g/mol. The van der Waals surface area contributed by atoms with E-state index in [1.165, 1.54) is 11.3 Å². The molecule has 0 aliphatic rings. The number of carbonyl (C=O) groups excluding carboxylic acids is 1. The van der Waals surface area contributed by atoms with Crippen molar-refractivity contribution in [3.8, 4) is 0 Å². The summed E-state index contributed by atoms with van der Waals surface area (Å²) in [6.45, 7) is 8.22. The van der Waals surface area contributed by atoms with Gasteiger partial charge in [0.05, 0.1) is 6.54 Å². The van der Waals surface area contributed by atoms with Gasteiger partial charge in [-0.2, -0.15) is 0 Å². The van der Waals surface area contributed by atoms with Gasteiger partial charge in [-0.05, 0) is 30.7 Å². The fourth-order valence-electron chi connectivity index (χ4n) is 2.14. The van der Waals surface area contributed by atoms with Crippen molar-refractivity contribution < 1.29 is 9.90 Å². The second-order valence-corrected chi connectivity index (χ2v) is 6.56. The quantitative estimate of drug-likeness (QED) is 0.807. The van der Waals surface area contributed by atoms with E-state index in [9.17, 15) is 9.90 Å². The topological polar surface area (TPSA) is 49.3 Å². The van der Waals surface area contributed by atoms with Crippen LogP contribution in [0.4, 0.5) is 0 Å². The first-order valence-electron chi connectivity index (χ1n) is 6.92. The highest BCUT2D eigenvalue weighted by atomic mass is 32.1. The van der Waals surface area contributed by atoms with Crippen molar-refractivity contribution in [1.29, 1.82) is 0 Å². The largest absolute Gasteiger partial charge is 0.383 e. The molecular formula is C15H25NO2S. The third kappa shape index (κ3) is 4.62. The van der Waals surface area contributed by atoms with Gasteiger partial charge in [0, 0.05) is 10.8 Å². The number of thiophene rings is 1. The minimum absolute atomic E-state index is 0.0316. The standard InChI is InChI=1S/C15H25NO2S/c1-5-7-12(11(2)3)14(17)16-10-15(4,18)13-8-6-9-19-13/h6,8-9,11-12,18H,5,7,10H2,1-4H3,(H,16,17). The zero-order chi connectivity index (χ0) is 14.5. The lowest BCUT2D eigenvalue weighted by Crippen LogP contribution is -2.42. The molecule has 19 heavy (non-hydrogen) atoms. The molecule has 0 aliphatic carbocycles. The second-order valence-electron chi connectivity index (χ2n) is 5.61. The van der Waals surface area contributed by atoms with E-state index in [1.807, 2.05) is 17.5 Å². The number of amides is 1. The fraction of sp³-hybridized carbons (Fsp3) is 0.667. The van der Waals surface area contributed by atoms with E-state index in [0.717, 1.165) is 17.7 Å². The van der Waals surface area contributed by atoms with Crippen LogP contribution in [0.25, 0.3) is 0 Å². The lowest BCUT2D eigenvalue weighted by Gasteiger charge is -2.25. The van der Waals surface area contributed by atoms with Crippen molar-refractivity contribution in [2.75, 3.05) is 6.54 Å². The summed E-state index contributed by atoms with van der Waals surface area (Å²) < 4.78 is 0. The first-order chi connectivity index (χ1) is 8.88.